The van der Waals surface area contributed by atoms with Gasteiger partial charge in [-0.3, -0.25) is 0 Å². The predicted octanol–water partition coefficient (Wildman–Crippen LogP) is 2.11. The largest absolute Gasteiger partial charge is 0.316 e. The maximum atomic E-state index is 3.39. The molecule has 0 aromatic rings. The summed E-state index contributed by atoms with van der Waals surface area (Å²) in [6, 6.07) is 0.739. The lowest BCUT2D eigenvalue weighted by molar-refractivity contribution is 0.190. The van der Waals surface area contributed by atoms with E-state index < -0.39 is 0 Å². The van der Waals surface area contributed by atoms with Crippen LogP contribution in [0.3, 0.4) is 0 Å². The van der Waals surface area contributed by atoms with Crippen molar-refractivity contribution in [3.8, 4) is 0 Å². The summed E-state index contributed by atoms with van der Waals surface area (Å²) >= 11 is 0. The van der Waals surface area contributed by atoms with E-state index in [4.69, 9.17) is 0 Å². The Labute approximate surface area is 89.1 Å². The van der Waals surface area contributed by atoms with Crippen LogP contribution in [0.4, 0.5) is 0 Å². The van der Waals surface area contributed by atoms with E-state index in [1.165, 1.54) is 45.3 Å². The van der Waals surface area contributed by atoms with Crippen LogP contribution in [0.25, 0.3) is 0 Å². The van der Waals surface area contributed by atoms with E-state index in [9.17, 15) is 0 Å². The van der Waals surface area contributed by atoms with E-state index in [0.29, 0.717) is 0 Å². The summed E-state index contributed by atoms with van der Waals surface area (Å²) in [5.74, 6) is 0.861. The Morgan fingerprint density at radius 2 is 2.21 bits per heavy atom. The molecule has 0 bridgehead atoms. The summed E-state index contributed by atoms with van der Waals surface area (Å²) in [5.41, 5.74) is 0. The normalized spacial score (nSPS) is 24.4. The zero-order valence-electron chi connectivity index (χ0n) is 10.1. The van der Waals surface area contributed by atoms with Crippen molar-refractivity contribution in [2.24, 2.45) is 5.92 Å². The molecule has 0 aliphatic carbocycles. The van der Waals surface area contributed by atoms with Gasteiger partial charge in [0.25, 0.3) is 0 Å². The lowest BCUT2D eigenvalue weighted by atomic mass is 10.0. The van der Waals surface area contributed by atoms with Crippen molar-refractivity contribution in [2.75, 3.05) is 26.7 Å². The number of nitrogens with one attached hydrogen (secondary N) is 1. The van der Waals surface area contributed by atoms with Gasteiger partial charge in [0.1, 0.15) is 0 Å². The van der Waals surface area contributed by atoms with Crippen molar-refractivity contribution < 1.29 is 0 Å². The molecule has 1 aliphatic heterocycles. The molecule has 1 fully saturated rings. The van der Waals surface area contributed by atoms with Gasteiger partial charge < -0.3 is 10.2 Å². The van der Waals surface area contributed by atoms with E-state index in [0.717, 1.165) is 12.0 Å². The number of rotatable bonds is 5. The van der Waals surface area contributed by atoms with Crippen LogP contribution < -0.4 is 5.32 Å². The molecule has 14 heavy (non-hydrogen) atoms. The van der Waals surface area contributed by atoms with Crippen molar-refractivity contribution >= 4 is 0 Å². The van der Waals surface area contributed by atoms with E-state index in [-0.39, 0.29) is 0 Å². The number of piperidine rings is 1. The van der Waals surface area contributed by atoms with Crippen LogP contribution in [-0.2, 0) is 0 Å². The van der Waals surface area contributed by atoms with Crippen LogP contribution in [0.1, 0.15) is 39.5 Å². The van der Waals surface area contributed by atoms with Crippen LogP contribution >= 0.6 is 0 Å². The third kappa shape index (κ3) is 4.43. The van der Waals surface area contributed by atoms with Gasteiger partial charge in [0, 0.05) is 12.6 Å². The van der Waals surface area contributed by atoms with Gasteiger partial charge >= 0.3 is 0 Å². The Hall–Kier alpha value is -0.0800. The molecule has 0 radical (unpaired) electrons. The number of hydrogen-bond donors (Lipinski definition) is 1. The molecular formula is C12H26N2. The first kappa shape index (κ1) is 12.0. The molecular weight excluding hydrogens is 172 g/mol. The van der Waals surface area contributed by atoms with Gasteiger partial charge in [0.2, 0.25) is 0 Å². The first-order valence-electron chi connectivity index (χ1n) is 6.12. The molecule has 0 aromatic heterocycles. The molecule has 1 heterocycles. The van der Waals surface area contributed by atoms with Crippen LogP contribution in [0.5, 0.6) is 0 Å². The molecule has 1 unspecified atom stereocenters. The summed E-state index contributed by atoms with van der Waals surface area (Å²) in [5, 5.41) is 3.39. The van der Waals surface area contributed by atoms with Crippen molar-refractivity contribution in [1.82, 2.24) is 10.2 Å². The number of likely N-dealkylation sites (tertiary alicyclic amines) is 1. The molecule has 1 N–H and O–H groups in total. The van der Waals surface area contributed by atoms with Crippen LogP contribution in [0, 0.1) is 5.92 Å². The highest BCUT2D eigenvalue weighted by Crippen LogP contribution is 2.11. The standard InChI is InChI=1S/C12H26N2/c1-11(2)6-4-8-14-9-5-7-12(10-14)13-3/h11-13H,4-10H2,1-3H3. The molecule has 1 rings (SSSR count). The Bertz CT molecular complexity index is 145. The average molecular weight is 198 g/mol. The average Bonchev–Trinajstić information content (AvgIpc) is 2.18. The maximum absolute atomic E-state index is 3.39. The second kappa shape index (κ2) is 6.41. The first-order chi connectivity index (χ1) is 6.72. The number of nitrogens with zero attached hydrogens (tertiary/aromatic N) is 1. The van der Waals surface area contributed by atoms with Gasteiger partial charge in [-0.15, -0.1) is 0 Å². The molecule has 1 aliphatic rings. The summed E-state index contributed by atoms with van der Waals surface area (Å²) in [6.07, 6.45) is 5.47. The summed E-state index contributed by atoms with van der Waals surface area (Å²) in [7, 11) is 2.09. The Kier molecular flexibility index (Phi) is 5.49. The van der Waals surface area contributed by atoms with Gasteiger partial charge in [-0.25, -0.2) is 0 Å². The van der Waals surface area contributed by atoms with Crippen LogP contribution in [-0.4, -0.2) is 37.6 Å². The van der Waals surface area contributed by atoms with Crippen molar-refractivity contribution in [1.29, 1.82) is 0 Å². The van der Waals surface area contributed by atoms with E-state index in [2.05, 4.69) is 31.1 Å². The van der Waals surface area contributed by atoms with Crippen molar-refractivity contribution in [3.05, 3.63) is 0 Å². The molecule has 0 saturated carbocycles. The molecule has 2 nitrogen and oxygen atoms in total. The minimum absolute atomic E-state index is 0.739. The zero-order valence-corrected chi connectivity index (χ0v) is 10.1. The summed E-state index contributed by atoms with van der Waals surface area (Å²) in [4.78, 5) is 2.62. The smallest absolute Gasteiger partial charge is 0.0192 e. The third-order valence-electron chi connectivity index (χ3n) is 3.17. The minimum atomic E-state index is 0.739. The lowest BCUT2D eigenvalue weighted by Gasteiger charge is -2.32. The van der Waals surface area contributed by atoms with E-state index in [1.54, 1.807) is 0 Å². The van der Waals surface area contributed by atoms with Gasteiger partial charge in [-0.05, 0) is 51.7 Å². The Balaban J connectivity index is 2.11. The van der Waals surface area contributed by atoms with Gasteiger partial charge in [0.15, 0.2) is 0 Å². The topological polar surface area (TPSA) is 15.3 Å². The fourth-order valence-electron chi connectivity index (χ4n) is 2.22. The molecule has 0 spiro atoms. The predicted molar refractivity (Wildman–Crippen MR) is 62.6 cm³/mol. The summed E-state index contributed by atoms with van der Waals surface area (Å²) in [6.45, 7) is 8.50. The molecule has 2 heteroatoms. The highest BCUT2D eigenvalue weighted by atomic mass is 15.2. The van der Waals surface area contributed by atoms with Gasteiger partial charge in [-0.1, -0.05) is 13.8 Å². The minimum Gasteiger partial charge on any atom is -0.316 e. The molecule has 1 saturated heterocycles. The van der Waals surface area contributed by atoms with Crippen LogP contribution in [0.2, 0.25) is 0 Å². The Morgan fingerprint density at radius 1 is 1.43 bits per heavy atom. The van der Waals surface area contributed by atoms with Crippen LogP contribution in [0.15, 0.2) is 0 Å². The molecule has 0 amide bonds. The molecule has 84 valence electrons. The fourth-order valence-corrected chi connectivity index (χ4v) is 2.22. The molecule has 1 atom stereocenters. The zero-order chi connectivity index (χ0) is 10.4. The lowest BCUT2D eigenvalue weighted by Crippen LogP contribution is -2.44. The first-order valence-corrected chi connectivity index (χ1v) is 6.12. The SMILES string of the molecule is CNC1CCCN(CCCC(C)C)C1. The van der Waals surface area contributed by atoms with Crippen molar-refractivity contribution in [3.63, 3.8) is 0 Å². The number of likely N-dealkylation sites (N-methyl/N-ethyl adjacent to an activating group) is 1. The maximum Gasteiger partial charge on any atom is 0.0192 e. The van der Waals surface area contributed by atoms with Gasteiger partial charge in [0.05, 0.1) is 0 Å². The second-order valence-electron chi connectivity index (χ2n) is 4.96. The highest BCUT2D eigenvalue weighted by Gasteiger charge is 2.17. The van der Waals surface area contributed by atoms with E-state index >= 15 is 0 Å². The second-order valence-corrected chi connectivity index (χ2v) is 4.96. The molecule has 0 aromatic carbocycles. The highest BCUT2D eigenvalue weighted by molar-refractivity contribution is 4.76. The van der Waals surface area contributed by atoms with Crippen molar-refractivity contribution in [2.45, 2.75) is 45.6 Å². The van der Waals surface area contributed by atoms with Gasteiger partial charge in [-0.2, -0.15) is 0 Å². The quantitative estimate of drug-likeness (QED) is 0.728. The fraction of sp³-hybridized carbons (Fsp3) is 1.00. The third-order valence-corrected chi connectivity index (χ3v) is 3.17. The Morgan fingerprint density at radius 3 is 2.86 bits per heavy atom. The van der Waals surface area contributed by atoms with E-state index in [1.807, 2.05) is 0 Å². The number of hydrogen-bond acceptors (Lipinski definition) is 2. The monoisotopic (exact) mass is 198 g/mol. The summed E-state index contributed by atoms with van der Waals surface area (Å²) < 4.78 is 0.